The van der Waals surface area contributed by atoms with Gasteiger partial charge in [-0.3, -0.25) is 0 Å². The van der Waals surface area contributed by atoms with E-state index in [9.17, 15) is 0 Å². The first-order valence-electron chi connectivity index (χ1n) is 0. The molecule has 0 heterocycles. The van der Waals surface area contributed by atoms with Gasteiger partial charge in [0.2, 0.25) is 0 Å². The van der Waals surface area contributed by atoms with Gasteiger partial charge in [-0.05, 0) is 0 Å². The molecule has 0 aromatic carbocycles. The number of hydrogen-bond donors (Lipinski definition) is 0. The minimum absolute atomic E-state index is 0. The molecule has 0 rings (SSSR count). The van der Waals surface area contributed by atoms with Crippen LogP contribution in [0.1, 0.15) is 7.43 Å². The van der Waals surface area contributed by atoms with Crippen molar-refractivity contribution in [3.8, 4) is 0 Å². The zero-order valence-electron chi connectivity index (χ0n) is 2.14. The van der Waals surface area contributed by atoms with Gasteiger partial charge in [0.1, 0.15) is 0 Å². The van der Waals surface area contributed by atoms with E-state index in [1.54, 1.807) is 0 Å². The fraction of sp³-hybridized carbons (Fsp3) is 1.00. The van der Waals surface area contributed by atoms with Crippen molar-refractivity contribution >= 4 is 29.3 Å². The first kappa shape index (κ1) is 112. The van der Waals surface area contributed by atoms with Crippen molar-refractivity contribution in [1.82, 2.24) is 0 Å². The van der Waals surface area contributed by atoms with E-state index in [4.69, 9.17) is 0 Å². The predicted molar refractivity (Wildman–Crippen MR) is 29.3 cm³/mol. The SMILES string of the molecule is C.P.[B].[Fe].[Si]. The molecule has 5 heavy (non-hydrogen) atoms. The molecule has 0 aromatic heterocycles. The third kappa shape index (κ3) is 36.0. The molecule has 0 aliphatic heterocycles. The van der Waals surface area contributed by atoms with Crippen LogP contribution in [-0.2, 0) is 17.1 Å². The summed E-state index contributed by atoms with van der Waals surface area (Å²) in [4.78, 5) is 0. The van der Waals surface area contributed by atoms with Crippen molar-refractivity contribution in [3.63, 3.8) is 0 Å². The van der Waals surface area contributed by atoms with Crippen LogP contribution >= 0.6 is 9.90 Å². The molecule has 0 aliphatic carbocycles. The van der Waals surface area contributed by atoms with Crippen LogP contribution in [0.5, 0.6) is 0 Å². The van der Waals surface area contributed by atoms with Crippen LogP contribution in [0.4, 0.5) is 0 Å². The van der Waals surface area contributed by atoms with Crippen molar-refractivity contribution in [2.24, 2.45) is 0 Å². The van der Waals surface area contributed by atoms with Crippen molar-refractivity contribution in [1.29, 1.82) is 0 Å². The Morgan fingerprint density at radius 2 is 1.00 bits per heavy atom. The van der Waals surface area contributed by atoms with E-state index in [1.807, 2.05) is 0 Å². The van der Waals surface area contributed by atoms with E-state index in [2.05, 4.69) is 0 Å². The Balaban J connectivity index is 0. The van der Waals surface area contributed by atoms with Crippen LogP contribution < -0.4 is 0 Å². The second kappa shape index (κ2) is 61.8. The van der Waals surface area contributed by atoms with Crippen LogP contribution in [-0.4, -0.2) is 19.4 Å². The Hall–Kier alpha value is 1.23. The molecule has 7 radical (unpaired) electrons. The first-order chi connectivity index (χ1) is 0. The molecule has 0 bridgehead atoms. The Morgan fingerprint density at radius 3 is 1.00 bits per heavy atom. The Bertz CT molecular complexity index is 11.6. The van der Waals surface area contributed by atoms with Crippen molar-refractivity contribution in [2.45, 2.75) is 7.43 Å². The van der Waals surface area contributed by atoms with Gasteiger partial charge in [-0.15, -0.1) is 0 Å². The van der Waals surface area contributed by atoms with E-state index in [1.165, 1.54) is 0 Å². The Labute approximate surface area is 54.2 Å². The molecule has 0 aliphatic rings. The van der Waals surface area contributed by atoms with E-state index in [-0.39, 0.29) is 53.8 Å². The summed E-state index contributed by atoms with van der Waals surface area (Å²) in [5.41, 5.74) is 0. The van der Waals surface area contributed by atoms with Gasteiger partial charge in [0.15, 0.2) is 0 Å². The third-order valence-corrected chi connectivity index (χ3v) is 0. The van der Waals surface area contributed by atoms with Crippen LogP contribution in [0.2, 0.25) is 0 Å². The molecule has 31 valence electrons. The maximum Gasteiger partial charge on any atom is 0 e. The van der Waals surface area contributed by atoms with E-state index in [0.717, 1.165) is 0 Å². The minimum Gasteiger partial charge on any atom is -0.153 e. The number of hydrogen-bond acceptors (Lipinski definition) is 0. The van der Waals surface area contributed by atoms with Gasteiger partial charge in [0, 0.05) is 36.4 Å². The van der Waals surface area contributed by atoms with E-state index in [0.29, 0.717) is 0 Å². The maximum atomic E-state index is 0. The van der Waals surface area contributed by atoms with Crippen LogP contribution in [0, 0.1) is 0 Å². The molecule has 0 aromatic rings. The molecular weight excluding hydrogens is 138 g/mol. The van der Waals surface area contributed by atoms with Crippen LogP contribution in [0.25, 0.3) is 0 Å². The molecule has 0 fully saturated rings. The van der Waals surface area contributed by atoms with Crippen molar-refractivity contribution < 1.29 is 17.1 Å². The quantitative estimate of drug-likeness (QED) is 0.330. The smallest absolute Gasteiger partial charge is 0 e. The molecule has 0 saturated heterocycles. The Morgan fingerprint density at radius 1 is 1.00 bits per heavy atom. The van der Waals surface area contributed by atoms with Gasteiger partial charge in [0.05, 0.1) is 0 Å². The van der Waals surface area contributed by atoms with Crippen LogP contribution in [0.3, 0.4) is 0 Å². The average Bonchev–Trinajstić information content (AvgIpc) is 0. The minimum atomic E-state index is 0. The van der Waals surface area contributed by atoms with Gasteiger partial charge in [-0.25, -0.2) is 0 Å². The third-order valence-electron chi connectivity index (χ3n) is 0. The zero-order valence-corrected chi connectivity index (χ0v) is 5.66. The summed E-state index contributed by atoms with van der Waals surface area (Å²) in [5, 5.41) is 0. The van der Waals surface area contributed by atoms with Gasteiger partial charge in [-0.2, -0.15) is 9.90 Å². The van der Waals surface area contributed by atoms with Gasteiger partial charge >= 0.3 is 0 Å². The second-order valence-electron chi connectivity index (χ2n) is 0. The molecule has 0 amide bonds. The Kier molecular flexibility index (Phi) is 1390. The predicted octanol–water partition coefficient (Wildman–Crippen LogP) is -0.0699. The molecule has 4 heteroatoms. The number of rotatable bonds is 0. The largest absolute Gasteiger partial charge is 0.153 e. The van der Waals surface area contributed by atoms with Crippen molar-refractivity contribution in [2.75, 3.05) is 0 Å². The summed E-state index contributed by atoms with van der Waals surface area (Å²) in [6.45, 7) is 0. The normalized spacial score (nSPS) is 0. The van der Waals surface area contributed by atoms with Gasteiger partial charge in [0.25, 0.3) is 0 Å². The van der Waals surface area contributed by atoms with Gasteiger partial charge in [-0.1, -0.05) is 7.43 Å². The first-order valence-corrected chi connectivity index (χ1v) is 0. The summed E-state index contributed by atoms with van der Waals surface area (Å²) in [5.74, 6) is 0. The maximum absolute atomic E-state index is 0. The van der Waals surface area contributed by atoms with E-state index < -0.39 is 0 Å². The topological polar surface area (TPSA) is 0 Å². The summed E-state index contributed by atoms with van der Waals surface area (Å²) in [6, 6.07) is 0. The summed E-state index contributed by atoms with van der Waals surface area (Å²) in [6.07, 6.45) is 0. The molecule has 0 saturated carbocycles. The fourth-order valence-electron chi connectivity index (χ4n) is 0. The molecule has 0 N–H and O–H groups in total. The molecule has 0 nitrogen and oxygen atoms in total. The molecule has 1 unspecified atom stereocenters. The average molecular weight is 145 g/mol. The second-order valence-corrected chi connectivity index (χ2v) is 0. The van der Waals surface area contributed by atoms with Crippen LogP contribution in [0.15, 0.2) is 0 Å². The fourth-order valence-corrected chi connectivity index (χ4v) is 0. The van der Waals surface area contributed by atoms with Crippen molar-refractivity contribution in [3.05, 3.63) is 0 Å². The monoisotopic (exact) mass is 145 g/mol. The standard InChI is InChI=1S/CH4.B.Fe.H3P.Si/h1H4;;;1H3;. The molecule has 1 atom stereocenters. The summed E-state index contributed by atoms with van der Waals surface area (Å²) in [7, 11) is 0. The molecule has 0 spiro atoms. The summed E-state index contributed by atoms with van der Waals surface area (Å²) < 4.78 is 0. The molecular formula is CH7BFePSi. The van der Waals surface area contributed by atoms with Gasteiger partial charge < -0.3 is 0 Å². The summed E-state index contributed by atoms with van der Waals surface area (Å²) >= 11 is 0. The van der Waals surface area contributed by atoms with E-state index >= 15 is 0 Å². The zero-order chi connectivity index (χ0) is 0.